The number of rotatable bonds is 9. The van der Waals surface area contributed by atoms with Crippen LogP contribution in [0.3, 0.4) is 0 Å². The van der Waals surface area contributed by atoms with E-state index < -0.39 is 5.97 Å². The van der Waals surface area contributed by atoms with E-state index in [0.29, 0.717) is 41.3 Å². The lowest BCUT2D eigenvalue weighted by Gasteiger charge is -2.07. The molecule has 0 spiro atoms. The van der Waals surface area contributed by atoms with Crippen LogP contribution in [0, 0.1) is 0 Å². The summed E-state index contributed by atoms with van der Waals surface area (Å²) in [4.78, 5) is 27.0. The molecule has 1 heterocycles. The van der Waals surface area contributed by atoms with Crippen LogP contribution in [-0.2, 0) is 16.1 Å². The van der Waals surface area contributed by atoms with Crippen LogP contribution in [0.2, 0.25) is 0 Å². The first-order chi connectivity index (χ1) is 13.7. The van der Waals surface area contributed by atoms with Crippen molar-refractivity contribution in [2.75, 3.05) is 13.2 Å². The number of benzene rings is 2. The van der Waals surface area contributed by atoms with Gasteiger partial charge in [0.25, 0.3) is 5.89 Å². The van der Waals surface area contributed by atoms with Crippen molar-refractivity contribution in [1.82, 2.24) is 10.1 Å². The Kier molecular flexibility index (Phi) is 6.35. The molecule has 0 bridgehead atoms. The van der Waals surface area contributed by atoms with Gasteiger partial charge in [-0.25, -0.2) is 4.79 Å². The fraction of sp³-hybridized carbons (Fsp3) is 0.200. The normalized spacial score (nSPS) is 10.3. The summed E-state index contributed by atoms with van der Waals surface area (Å²) >= 11 is 0. The van der Waals surface area contributed by atoms with Gasteiger partial charge in [0.15, 0.2) is 19.5 Å². The molecule has 0 aliphatic carbocycles. The molecule has 0 saturated heterocycles. The number of para-hydroxylation sites is 2. The lowest BCUT2D eigenvalue weighted by atomic mass is 10.2. The number of aromatic nitrogens is 2. The van der Waals surface area contributed by atoms with Crippen LogP contribution in [0.25, 0.3) is 11.4 Å². The third-order valence-corrected chi connectivity index (χ3v) is 3.64. The third kappa shape index (κ3) is 4.73. The molecule has 2 aromatic carbocycles. The van der Waals surface area contributed by atoms with Crippen molar-refractivity contribution in [3.8, 4) is 22.9 Å². The average molecular weight is 382 g/mol. The zero-order valence-electron chi connectivity index (χ0n) is 15.2. The van der Waals surface area contributed by atoms with Gasteiger partial charge in [-0.05, 0) is 31.2 Å². The Bertz CT molecular complexity index is 953. The molecule has 8 nitrogen and oxygen atoms in total. The zero-order valence-corrected chi connectivity index (χ0v) is 15.2. The van der Waals surface area contributed by atoms with Crippen LogP contribution in [0.4, 0.5) is 0 Å². The Balaban J connectivity index is 1.56. The first-order valence-electron chi connectivity index (χ1n) is 8.58. The molecule has 28 heavy (non-hydrogen) atoms. The number of nitrogens with zero attached hydrogens (tertiary/aromatic N) is 2. The smallest absolute Gasteiger partial charge is 0.344 e. The number of carbonyl (C=O) groups excluding carboxylic acids is 2. The van der Waals surface area contributed by atoms with Gasteiger partial charge in [-0.3, -0.25) is 4.79 Å². The maximum Gasteiger partial charge on any atom is 0.344 e. The summed E-state index contributed by atoms with van der Waals surface area (Å²) in [5.74, 6) is 0.794. The number of ether oxygens (including phenoxy) is 3. The summed E-state index contributed by atoms with van der Waals surface area (Å²) < 4.78 is 21.0. The van der Waals surface area contributed by atoms with Crippen molar-refractivity contribution in [2.45, 2.75) is 13.5 Å². The maximum atomic E-state index is 11.9. The zero-order chi connectivity index (χ0) is 19.8. The van der Waals surface area contributed by atoms with E-state index in [1.54, 1.807) is 24.3 Å². The Labute approximate surface area is 161 Å². The minimum atomic E-state index is -0.629. The van der Waals surface area contributed by atoms with Crippen molar-refractivity contribution in [2.24, 2.45) is 0 Å². The van der Waals surface area contributed by atoms with Gasteiger partial charge >= 0.3 is 5.97 Å². The van der Waals surface area contributed by atoms with Gasteiger partial charge in [0.2, 0.25) is 5.82 Å². The molecule has 0 fully saturated rings. The third-order valence-electron chi connectivity index (χ3n) is 3.64. The van der Waals surface area contributed by atoms with E-state index >= 15 is 0 Å². The molecule has 1 aromatic heterocycles. The molecule has 0 saturated carbocycles. The van der Waals surface area contributed by atoms with Gasteiger partial charge in [0.1, 0.15) is 11.5 Å². The highest BCUT2D eigenvalue weighted by molar-refractivity contribution is 5.79. The van der Waals surface area contributed by atoms with Gasteiger partial charge in [0.05, 0.1) is 17.7 Å². The quantitative estimate of drug-likeness (QED) is 0.411. The van der Waals surface area contributed by atoms with Gasteiger partial charge < -0.3 is 18.7 Å². The summed E-state index contributed by atoms with van der Waals surface area (Å²) in [6.45, 7) is 1.85. The molecular formula is C20H18N2O6. The molecule has 0 aliphatic heterocycles. The highest BCUT2D eigenvalue weighted by Crippen LogP contribution is 2.27. The predicted molar refractivity (Wildman–Crippen MR) is 98.0 cm³/mol. The van der Waals surface area contributed by atoms with Gasteiger partial charge in [0, 0.05) is 0 Å². The van der Waals surface area contributed by atoms with Crippen molar-refractivity contribution < 1.29 is 28.3 Å². The van der Waals surface area contributed by atoms with Crippen LogP contribution in [0.5, 0.6) is 11.5 Å². The summed E-state index contributed by atoms with van der Waals surface area (Å²) in [5, 5.41) is 3.90. The van der Waals surface area contributed by atoms with Crippen molar-refractivity contribution in [3.05, 3.63) is 60.0 Å². The summed E-state index contributed by atoms with van der Waals surface area (Å²) in [6.07, 6.45) is 0.654. The number of hydrogen-bond donors (Lipinski definition) is 0. The molecule has 0 unspecified atom stereocenters. The SMILES string of the molecule is CCOc1ccccc1-c1noc(COC(=O)COc2ccccc2C=O)n1. The molecular weight excluding hydrogens is 364 g/mol. The van der Waals surface area contributed by atoms with Crippen LogP contribution < -0.4 is 9.47 Å². The Morgan fingerprint density at radius 1 is 1.07 bits per heavy atom. The molecule has 3 aromatic rings. The Hall–Kier alpha value is -3.68. The number of carbonyl (C=O) groups is 2. The predicted octanol–water partition coefficient (Wildman–Crippen LogP) is 3.07. The fourth-order valence-electron chi connectivity index (χ4n) is 2.39. The van der Waals surface area contributed by atoms with E-state index in [4.69, 9.17) is 18.7 Å². The number of hydrogen-bond acceptors (Lipinski definition) is 8. The monoisotopic (exact) mass is 382 g/mol. The minimum absolute atomic E-state index is 0.142. The van der Waals surface area contributed by atoms with Crippen molar-refractivity contribution in [1.29, 1.82) is 0 Å². The highest BCUT2D eigenvalue weighted by atomic mass is 16.6. The Morgan fingerprint density at radius 2 is 1.82 bits per heavy atom. The van der Waals surface area contributed by atoms with E-state index in [0.717, 1.165) is 0 Å². The van der Waals surface area contributed by atoms with Crippen LogP contribution in [0.15, 0.2) is 53.1 Å². The van der Waals surface area contributed by atoms with E-state index in [1.165, 1.54) is 0 Å². The van der Waals surface area contributed by atoms with Crippen molar-refractivity contribution >= 4 is 12.3 Å². The first kappa shape index (κ1) is 19.1. The Morgan fingerprint density at radius 3 is 2.61 bits per heavy atom. The second-order valence-electron chi connectivity index (χ2n) is 5.55. The molecule has 144 valence electrons. The molecule has 0 N–H and O–H groups in total. The first-order valence-corrected chi connectivity index (χ1v) is 8.58. The van der Waals surface area contributed by atoms with Crippen LogP contribution in [-0.4, -0.2) is 35.6 Å². The van der Waals surface area contributed by atoms with Gasteiger partial charge in [-0.2, -0.15) is 4.98 Å². The number of aldehydes is 1. The topological polar surface area (TPSA) is 101 Å². The van der Waals surface area contributed by atoms with E-state index in [1.807, 2.05) is 31.2 Å². The van der Waals surface area contributed by atoms with Gasteiger partial charge in [-0.1, -0.05) is 29.4 Å². The summed E-state index contributed by atoms with van der Waals surface area (Å²) in [5.41, 5.74) is 1.03. The van der Waals surface area contributed by atoms with Crippen molar-refractivity contribution in [3.63, 3.8) is 0 Å². The van der Waals surface area contributed by atoms with E-state index in [9.17, 15) is 9.59 Å². The summed E-state index contributed by atoms with van der Waals surface area (Å²) in [7, 11) is 0. The van der Waals surface area contributed by atoms with E-state index in [-0.39, 0.29) is 19.1 Å². The summed E-state index contributed by atoms with van der Waals surface area (Å²) in [6, 6.07) is 13.9. The maximum absolute atomic E-state index is 11.9. The number of esters is 1. The fourth-order valence-corrected chi connectivity index (χ4v) is 2.39. The van der Waals surface area contributed by atoms with Crippen LogP contribution >= 0.6 is 0 Å². The van der Waals surface area contributed by atoms with Gasteiger partial charge in [-0.15, -0.1) is 0 Å². The largest absolute Gasteiger partial charge is 0.493 e. The second kappa shape index (κ2) is 9.31. The lowest BCUT2D eigenvalue weighted by Crippen LogP contribution is -2.15. The minimum Gasteiger partial charge on any atom is -0.493 e. The molecule has 0 atom stereocenters. The highest BCUT2D eigenvalue weighted by Gasteiger charge is 2.15. The standard InChI is InChI=1S/C20H18N2O6/c1-2-25-17-10-6-4-8-15(17)20-21-18(28-22-20)12-27-19(24)13-26-16-9-5-3-7-14(16)11-23/h3-11H,2,12-13H2,1H3. The molecule has 3 rings (SSSR count). The molecule has 8 heteroatoms. The molecule has 0 radical (unpaired) electrons. The lowest BCUT2D eigenvalue weighted by molar-refractivity contribution is -0.148. The molecule has 0 amide bonds. The molecule has 0 aliphatic rings. The van der Waals surface area contributed by atoms with Crippen LogP contribution in [0.1, 0.15) is 23.2 Å². The second-order valence-corrected chi connectivity index (χ2v) is 5.55. The average Bonchev–Trinajstić information content (AvgIpc) is 3.20. The van der Waals surface area contributed by atoms with E-state index in [2.05, 4.69) is 10.1 Å².